The van der Waals surface area contributed by atoms with E-state index in [1.54, 1.807) is 7.11 Å². The van der Waals surface area contributed by atoms with Crippen molar-refractivity contribution in [3.63, 3.8) is 0 Å². The maximum absolute atomic E-state index is 5.78. The molecule has 0 aliphatic heterocycles. The van der Waals surface area contributed by atoms with E-state index >= 15 is 0 Å². The van der Waals surface area contributed by atoms with Crippen LogP contribution in [0.3, 0.4) is 0 Å². The second kappa shape index (κ2) is 6.92. The highest BCUT2D eigenvalue weighted by molar-refractivity contribution is 9.10. The Hall–Kier alpha value is -0.580. The molecule has 1 unspecified atom stereocenters. The molecule has 1 fully saturated rings. The minimum absolute atomic E-state index is 0.0617. The van der Waals surface area contributed by atoms with Gasteiger partial charge < -0.3 is 14.8 Å². The lowest BCUT2D eigenvalue weighted by atomic mass is 9.74. The largest absolute Gasteiger partial charge is 0.497 e. The van der Waals surface area contributed by atoms with Crippen molar-refractivity contribution >= 4 is 15.9 Å². The molecule has 1 atom stereocenters. The van der Waals surface area contributed by atoms with Gasteiger partial charge >= 0.3 is 0 Å². The third kappa shape index (κ3) is 3.35. The summed E-state index contributed by atoms with van der Waals surface area (Å²) < 4.78 is 12.1. The number of nitrogens with one attached hydrogen (secondary N) is 1. The van der Waals surface area contributed by atoms with Crippen LogP contribution >= 0.6 is 15.9 Å². The molecule has 0 bridgehead atoms. The van der Waals surface area contributed by atoms with Crippen LogP contribution in [0.1, 0.15) is 44.2 Å². The van der Waals surface area contributed by atoms with E-state index in [-0.39, 0.29) is 5.60 Å². The van der Waals surface area contributed by atoms with E-state index in [2.05, 4.69) is 34.2 Å². The highest BCUT2D eigenvalue weighted by Gasteiger charge is 2.39. The van der Waals surface area contributed by atoms with Crippen LogP contribution in [-0.2, 0) is 4.74 Å². The molecule has 0 aromatic heterocycles. The number of hydrogen-bond donors (Lipinski definition) is 1. The lowest BCUT2D eigenvalue weighted by Gasteiger charge is -2.43. The SMILES string of the molecule is CCNC(CC1(OC)CCC1)c1ccc(OC)cc1Br. The van der Waals surface area contributed by atoms with Gasteiger partial charge in [0.15, 0.2) is 0 Å². The Balaban J connectivity index is 2.19. The molecular formula is C16H24BrNO2. The second-order valence-electron chi connectivity index (χ2n) is 5.44. The monoisotopic (exact) mass is 341 g/mol. The molecule has 0 radical (unpaired) electrons. The van der Waals surface area contributed by atoms with Crippen molar-refractivity contribution in [3.8, 4) is 5.75 Å². The smallest absolute Gasteiger partial charge is 0.120 e. The van der Waals surface area contributed by atoms with E-state index in [4.69, 9.17) is 9.47 Å². The predicted octanol–water partition coefficient (Wildman–Crippen LogP) is 4.07. The van der Waals surface area contributed by atoms with Gasteiger partial charge in [-0.2, -0.15) is 0 Å². The number of rotatable bonds is 7. The fourth-order valence-electron chi connectivity index (χ4n) is 2.89. The van der Waals surface area contributed by atoms with Gasteiger partial charge in [-0.1, -0.05) is 28.9 Å². The van der Waals surface area contributed by atoms with Crippen LogP contribution in [0.5, 0.6) is 5.75 Å². The van der Waals surface area contributed by atoms with Gasteiger partial charge in [-0.25, -0.2) is 0 Å². The van der Waals surface area contributed by atoms with Crippen LogP contribution in [0.15, 0.2) is 22.7 Å². The van der Waals surface area contributed by atoms with Crippen LogP contribution < -0.4 is 10.1 Å². The molecular weight excluding hydrogens is 318 g/mol. The third-order valence-corrected chi connectivity index (χ3v) is 4.99. The van der Waals surface area contributed by atoms with E-state index in [0.29, 0.717) is 6.04 Å². The summed E-state index contributed by atoms with van der Waals surface area (Å²) in [5.74, 6) is 0.876. The Labute approximate surface area is 130 Å². The molecule has 1 aliphatic rings. The first-order chi connectivity index (χ1) is 9.64. The summed E-state index contributed by atoms with van der Waals surface area (Å²) in [4.78, 5) is 0. The van der Waals surface area contributed by atoms with E-state index in [1.807, 2.05) is 19.2 Å². The molecule has 1 N–H and O–H groups in total. The van der Waals surface area contributed by atoms with Gasteiger partial charge in [0.2, 0.25) is 0 Å². The molecule has 112 valence electrons. The summed E-state index contributed by atoms with van der Waals surface area (Å²) in [5.41, 5.74) is 1.34. The first-order valence-electron chi connectivity index (χ1n) is 7.26. The van der Waals surface area contributed by atoms with Crippen LogP contribution in [0.2, 0.25) is 0 Å². The topological polar surface area (TPSA) is 30.5 Å². The second-order valence-corrected chi connectivity index (χ2v) is 6.30. The summed E-state index contributed by atoms with van der Waals surface area (Å²) in [6.07, 6.45) is 4.62. The number of methoxy groups -OCH3 is 2. The van der Waals surface area contributed by atoms with Gasteiger partial charge in [0.05, 0.1) is 12.7 Å². The summed E-state index contributed by atoms with van der Waals surface area (Å²) in [6, 6.07) is 6.49. The summed E-state index contributed by atoms with van der Waals surface area (Å²) in [7, 11) is 3.53. The van der Waals surface area contributed by atoms with Gasteiger partial charge in [0.25, 0.3) is 0 Å². The summed E-state index contributed by atoms with van der Waals surface area (Å²) in [6.45, 7) is 3.09. The molecule has 1 aromatic rings. The van der Waals surface area contributed by atoms with E-state index in [9.17, 15) is 0 Å². The van der Waals surface area contributed by atoms with E-state index < -0.39 is 0 Å². The zero-order valence-electron chi connectivity index (χ0n) is 12.5. The Morgan fingerprint density at radius 1 is 1.35 bits per heavy atom. The number of halogens is 1. The fourth-order valence-corrected chi connectivity index (χ4v) is 3.52. The first kappa shape index (κ1) is 15.8. The van der Waals surface area contributed by atoms with Crippen LogP contribution in [0.25, 0.3) is 0 Å². The van der Waals surface area contributed by atoms with Crippen LogP contribution in [-0.4, -0.2) is 26.4 Å². The molecule has 0 heterocycles. The Bertz CT molecular complexity index is 441. The summed E-state index contributed by atoms with van der Waals surface area (Å²) >= 11 is 3.67. The van der Waals surface area contributed by atoms with Crippen molar-refractivity contribution in [3.05, 3.63) is 28.2 Å². The molecule has 4 heteroatoms. The Morgan fingerprint density at radius 3 is 2.55 bits per heavy atom. The normalized spacial score (nSPS) is 18.4. The molecule has 2 rings (SSSR count). The molecule has 0 amide bonds. The fraction of sp³-hybridized carbons (Fsp3) is 0.625. The van der Waals surface area contributed by atoms with E-state index in [1.165, 1.54) is 24.8 Å². The molecule has 0 spiro atoms. The van der Waals surface area contributed by atoms with Crippen molar-refractivity contribution in [2.45, 2.75) is 44.2 Å². The Morgan fingerprint density at radius 2 is 2.10 bits per heavy atom. The van der Waals surface area contributed by atoms with Crippen LogP contribution in [0, 0.1) is 0 Å². The lowest BCUT2D eigenvalue weighted by Crippen LogP contribution is -2.43. The highest BCUT2D eigenvalue weighted by atomic mass is 79.9. The quantitative estimate of drug-likeness (QED) is 0.810. The van der Waals surface area contributed by atoms with Crippen molar-refractivity contribution in [2.75, 3.05) is 20.8 Å². The van der Waals surface area contributed by atoms with Crippen molar-refractivity contribution in [2.24, 2.45) is 0 Å². The van der Waals surface area contributed by atoms with Gasteiger partial charge in [-0.15, -0.1) is 0 Å². The average molecular weight is 342 g/mol. The zero-order valence-corrected chi connectivity index (χ0v) is 14.1. The lowest BCUT2D eigenvalue weighted by molar-refractivity contribution is -0.0837. The molecule has 1 saturated carbocycles. The standard InChI is InChI=1S/C16H24BrNO2/c1-4-18-15(11-16(20-3)8-5-9-16)13-7-6-12(19-2)10-14(13)17/h6-7,10,15,18H,4-5,8-9,11H2,1-3H3. The van der Waals surface area contributed by atoms with Crippen molar-refractivity contribution < 1.29 is 9.47 Å². The third-order valence-electron chi connectivity index (χ3n) is 4.31. The highest BCUT2D eigenvalue weighted by Crippen LogP contribution is 2.43. The van der Waals surface area contributed by atoms with E-state index in [0.717, 1.165) is 23.2 Å². The number of benzene rings is 1. The molecule has 20 heavy (non-hydrogen) atoms. The van der Waals surface area contributed by atoms with Gasteiger partial charge in [-0.05, 0) is 49.9 Å². The zero-order chi connectivity index (χ0) is 14.6. The molecule has 1 aliphatic carbocycles. The number of ether oxygens (including phenoxy) is 2. The van der Waals surface area contributed by atoms with Gasteiger partial charge in [0, 0.05) is 17.6 Å². The molecule has 1 aromatic carbocycles. The molecule has 3 nitrogen and oxygen atoms in total. The predicted molar refractivity (Wildman–Crippen MR) is 85.3 cm³/mol. The maximum atomic E-state index is 5.78. The first-order valence-corrected chi connectivity index (χ1v) is 8.05. The van der Waals surface area contributed by atoms with Crippen molar-refractivity contribution in [1.82, 2.24) is 5.32 Å². The maximum Gasteiger partial charge on any atom is 0.120 e. The Kier molecular flexibility index (Phi) is 5.47. The van der Waals surface area contributed by atoms with Gasteiger partial charge in [0.1, 0.15) is 5.75 Å². The van der Waals surface area contributed by atoms with Crippen LogP contribution in [0.4, 0.5) is 0 Å². The van der Waals surface area contributed by atoms with Crippen molar-refractivity contribution in [1.29, 1.82) is 0 Å². The number of hydrogen-bond acceptors (Lipinski definition) is 3. The average Bonchev–Trinajstić information content (AvgIpc) is 2.41. The summed E-state index contributed by atoms with van der Waals surface area (Å²) in [5, 5.41) is 3.58. The van der Waals surface area contributed by atoms with Gasteiger partial charge in [-0.3, -0.25) is 0 Å². The minimum atomic E-state index is 0.0617. The molecule has 0 saturated heterocycles. The minimum Gasteiger partial charge on any atom is -0.497 e.